The van der Waals surface area contributed by atoms with Crippen molar-refractivity contribution >= 4 is 24.8 Å². The molecule has 0 fully saturated rings. The molecule has 0 spiro atoms. The van der Waals surface area contributed by atoms with Gasteiger partial charge in [0, 0.05) is 12.6 Å². The minimum atomic E-state index is 0. The Kier molecular flexibility index (Phi) is 9.74. The zero-order valence-corrected chi connectivity index (χ0v) is 9.20. The Labute approximate surface area is 91.7 Å². The largest absolute Gasteiger partial charge is 0.323 e. The van der Waals surface area contributed by atoms with Gasteiger partial charge in [-0.1, -0.05) is 30.3 Å². The molecule has 1 aromatic carbocycles. The van der Waals surface area contributed by atoms with Gasteiger partial charge < -0.3 is 11.1 Å². The van der Waals surface area contributed by atoms with Crippen molar-refractivity contribution in [1.82, 2.24) is 5.32 Å². The van der Waals surface area contributed by atoms with Crippen LogP contribution in [0.2, 0.25) is 0 Å². The van der Waals surface area contributed by atoms with Crippen LogP contribution in [0.1, 0.15) is 11.6 Å². The van der Waals surface area contributed by atoms with Crippen LogP contribution in [0.3, 0.4) is 0 Å². The molecule has 0 aliphatic carbocycles. The van der Waals surface area contributed by atoms with Gasteiger partial charge in [0.05, 0.1) is 0 Å². The topological polar surface area (TPSA) is 38.0 Å². The highest BCUT2D eigenvalue weighted by Crippen LogP contribution is 2.07. The van der Waals surface area contributed by atoms with Gasteiger partial charge in [0.25, 0.3) is 0 Å². The first kappa shape index (κ1) is 15.2. The molecule has 0 saturated heterocycles. The van der Waals surface area contributed by atoms with Crippen molar-refractivity contribution in [3.8, 4) is 0 Å². The third-order valence-electron chi connectivity index (χ3n) is 1.65. The summed E-state index contributed by atoms with van der Waals surface area (Å²) >= 11 is 0. The van der Waals surface area contributed by atoms with Crippen LogP contribution < -0.4 is 11.1 Å². The van der Waals surface area contributed by atoms with E-state index in [1.807, 2.05) is 37.4 Å². The second kappa shape index (κ2) is 8.32. The molecule has 1 atom stereocenters. The molecule has 0 bridgehead atoms. The number of nitrogens with one attached hydrogen (secondary N) is 1. The van der Waals surface area contributed by atoms with Crippen LogP contribution in [0.4, 0.5) is 0 Å². The summed E-state index contributed by atoms with van der Waals surface area (Å²) in [6, 6.07) is 10.2. The van der Waals surface area contributed by atoms with Crippen molar-refractivity contribution in [2.45, 2.75) is 6.04 Å². The number of likely N-dealkylation sites (N-methyl/N-ethyl adjacent to an activating group) is 1. The fourth-order valence-electron chi connectivity index (χ4n) is 1.04. The molecule has 1 unspecified atom stereocenters. The van der Waals surface area contributed by atoms with Crippen LogP contribution >= 0.6 is 24.8 Å². The Morgan fingerprint density at radius 1 is 1.23 bits per heavy atom. The van der Waals surface area contributed by atoms with E-state index in [2.05, 4.69) is 5.32 Å². The molecule has 4 heteroatoms. The molecule has 0 heterocycles. The van der Waals surface area contributed by atoms with E-state index in [1.54, 1.807) is 0 Å². The Morgan fingerprint density at radius 3 is 2.23 bits per heavy atom. The molecule has 0 radical (unpaired) electrons. The van der Waals surface area contributed by atoms with Gasteiger partial charge in [-0.15, -0.1) is 24.8 Å². The van der Waals surface area contributed by atoms with Gasteiger partial charge in [0.2, 0.25) is 0 Å². The summed E-state index contributed by atoms with van der Waals surface area (Å²) in [7, 11) is 1.91. The van der Waals surface area contributed by atoms with Gasteiger partial charge in [0.1, 0.15) is 0 Å². The molecule has 76 valence electrons. The maximum Gasteiger partial charge on any atom is 0.0421 e. The van der Waals surface area contributed by atoms with E-state index in [-0.39, 0.29) is 30.9 Å². The Bertz CT molecular complexity index is 204. The standard InChI is InChI=1S/C9H14N2.2ClH/c1-11-7-9(10)8-5-3-2-4-6-8;;/h2-6,9,11H,7,10H2,1H3;2*1H. The zero-order valence-electron chi connectivity index (χ0n) is 7.57. The highest BCUT2D eigenvalue weighted by Gasteiger charge is 2.01. The van der Waals surface area contributed by atoms with Gasteiger partial charge in [-0.3, -0.25) is 0 Å². The quantitative estimate of drug-likeness (QED) is 0.819. The van der Waals surface area contributed by atoms with Crippen molar-refractivity contribution in [3.05, 3.63) is 35.9 Å². The molecule has 0 aliphatic rings. The van der Waals surface area contributed by atoms with E-state index in [9.17, 15) is 0 Å². The van der Waals surface area contributed by atoms with Gasteiger partial charge in [-0.2, -0.15) is 0 Å². The Balaban J connectivity index is 0. The van der Waals surface area contributed by atoms with Crippen LogP contribution in [0.25, 0.3) is 0 Å². The zero-order chi connectivity index (χ0) is 8.10. The number of benzene rings is 1. The maximum absolute atomic E-state index is 5.84. The average molecular weight is 223 g/mol. The van der Waals surface area contributed by atoms with Gasteiger partial charge in [-0.05, 0) is 12.6 Å². The molecule has 13 heavy (non-hydrogen) atoms. The smallest absolute Gasteiger partial charge is 0.0421 e. The SMILES string of the molecule is CNCC(N)c1ccccc1.Cl.Cl. The number of rotatable bonds is 3. The van der Waals surface area contributed by atoms with Crippen molar-refractivity contribution in [2.24, 2.45) is 5.73 Å². The van der Waals surface area contributed by atoms with Gasteiger partial charge in [0.15, 0.2) is 0 Å². The fraction of sp³-hybridized carbons (Fsp3) is 0.333. The first-order chi connectivity index (χ1) is 5.34. The Hall–Kier alpha value is -0.280. The first-order valence-electron chi connectivity index (χ1n) is 3.79. The monoisotopic (exact) mass is 222 g/mol. The number of nitrogens with two attached hydrogens (primary N) is 1. The van der Waals surface area contributed by atoms with E-state index < -0.39 is 0 Å². The van der Waals surface area contributed by atoms with E-state index in [0.717, 1.165) is 6.54 Å². The number of hydrogen-bond acceptors (Lipinski definition) is 2. The Morgan fingerprint density at radius 2 is 1.77 bits per heavy atom. The van der Waals surface area contributed by atoms with E-state index >= 15 is 0 Å². The van der Waals surface area contributed by atoms with Crippen molar-refractivity contribution in [3.63, 3.8) is 0 Å². The lowest BCUT2D eigenvalue weighted by Gasteiger charge is -2.09. The molecule has 0 saturated carbocycles. The summed E-state index contributed by atoms with van der Waals surface area (Å²) in [6.45, 7) is 0.823. The maximum atomic E-state index is 5.84. The molecule has 0 aromatic heterocycles. The van der Waals surface area contributed by atoms with Crippen LogP contribution in [0.5, 0.6) is 0 Å². The highest BCUT2D eigenvalue weighted by atomic mass is 35.5. The van der Waals surface area contributed by atoms with Crippen molar-refractivity contribution in [1.29, 1.82) is 0 Å². The van der Waals surface area contributed by atoms with Crippen LogP contribution in [-0.2, 0) is 0 Å². The first-order valence-corrected chi connectivity index (χ1v) is 3.79. The van der Waals surface area contributed by atoms with Crippen LogP contribution in [0, 0.1) is 0 Å². The second-order valence-corrected chi connectivity index (χ2v) is 2.57. The van der Waals surface area contributed by atoms with Gasteiger partial charge in [-0.25, -0.2) is 0 Å². The average Bonchev–Trinajstić information content (AvgIpc) is 2.07. The van der Waals surface area contributed by atoms with Crippen molar-refractivity contribution < 1.29 is 0 Å². The summed E-state index contributed by atoms with van der Waals surface area (Å²) in [5, 5.41) is 3.04. The van der Waals surface area contributed by atoms with Crippen LogP contribution in [0.15, 0.2) is 30.3 Å². The lowest BCUT2D eigenvalue weighted by molar-refractivity contribution is 0.653. The van der Waals surface area contributed by atoms with Gasteiger partial charge >= 0.3 is 0 Å². The summed E-state index contributed by atoms with van der Waals surface area (Å²) in [4.78, 5) is 0. The molecular weight excluding hydrogens is 207 g/mol. The van der Waals surface area contributed by atoms with Crippen molar-refractivity contribution in [2.75, 3.05) is 13.6 Å². The lowest BCUT2D eigenvalue weighted by Crippen LogP contribution is -2.23. The van der Waals surface area contributed by atoms with Crippen LogP contribution in [-0.4, -0.2) is 13.6 Å². The van der Waals surface area contributed by atoms with E-state index in [1.165, 1.54) is 5.56 Å². The molecule has 1 aromatic rings. The molecule has 0 aliphatic heterocycles. The third-order valence-corrected chi connectivity index (χ3v) is 1.65. The minimum absolute atomic E-state index is 0. The summed E-state index contributed by atoms with van der Waals surface area (Å²) in [5.41, 5.74) is 7.03. The number of halogens is 2. The third kappa shape index (κ3) is 5.11. The van der Waals surface area contributed by atoms with E-state index in [4.69, 9.17) is 5.73 Å². The molecule has 1 rings (SSSR count). The molecular formula is C9H16Cl2N2. The predicted molar refractivity (Wildman–Crippen MR) is 61.8 cm³/mol. The minimum Gasteiger partial charge on any atom is -0.323 e. The molecule has 3 N–H and O–H groups in total. The highest BCUT2D eigenvalue weighted by molar-refractivity contribution is 5.85. The fourth-order valence-corrected chi connectivity index (χ4v) is 1.04. The normalized spacial score (nSPS) is 10.9. The summed E-state index contributed by atoms with van der Waals surface area (Å²) in [6.07, 6.45) is 0. The summed E-state index contributed by atoms with van der Waals surface area (Å²) < 4.78 is 0. The lowest BCUT2D eigenvalue weighted by atomic mass is 10.1. The predicted octanol–water partition coefficient (Wildman–Crippen LogP) is 1.75. The summed E-state index contributed by atoms with van der Waals surface area (Å²) in [5.74, 6) is 0. The number of hydrogen-bond donors (Lipinski definition) is 2. The second-order valence-electron chi connectivity index (χ2n) is 2.57. The molecule has 2 nitrogen and oxygen atoms in total. The molecule has 0 amide bonds. The van der Waals surface area contributed by atoms with E-state index in [0.29, 0.717) is 0 Å².